The molecule has 0 aromatic carbocycles. The quantitative estimate of drug-likeness (QED) is 0.828. The molecule has 2 N–H and O–H groups in total. The lowest BCUT2D eigenvalue weighted by atomic mass is 9.76. The number of carboxylic acid groups (broad SMARTS) is 1. The molecule has 3 unspecified atom stereocenters. The molecule has 2 aliphatic rings. The first kappa shape index (κ1) is 16.6. The summed E-state index contributed by atoms with van der Waals surface area (Å²) in [5.41, 5.74) is -0.427. The van der Waals surface area contributed by atoms with Gasteiger partial charge in [0.15, 0.2) is 0 Å². The highest BCUT2D eigenvalue weighted by molar-refractivity contribution is 8.00. The molecule has 2 fully saturated rings. The summed E-state index contributed by atoms with van der Waals surface area (Å²) in [5.74, 6) is -0.0898. The monoisotopic (exact) mass is 314 g/mol. The van der Waals surface area contributed by atoms with Crippen LogP contribution in [0.5, 0.6) is 0 Å². The Labute approximate surface area is 130 Å². The second kappa shape index (κ2) is 6.57. The van der Waals surface area contributed by atoms with E-state index >= 15 is 0 Å². The van der Waals surface area contributed by atoms with E-state index in [0.717, 1.165) is 25.8 Å². The van der Waals surface area contributed by atoms with Crippen LogP contribution in [0.3, 0.4) is 0 Å². The molecule has 2 heterocycles. The molecule has 0 aliphatic carbocycles. The molecule has 0 bridgehead atoms. The minimum atomic E-state index is -0.881. The van der Waals surface area contributed by atoms with Crippen LogP contribution in [0.1, 0.15) is 40.0 Å². The van der Waals surface area contributed by atoms with E-state index in [1.807, 2.05) is 6.92 Å². The minimum absolute atomic E-state index is 0.0241. The molecule has 0 radical (unpaired) electrons. The summed E-state index contributed by atoms with van der Waals surface area (Å²) >= 11 is 1.60. The van der Waals surface area contributed by atoms with E-state index in [-0.39, 0.29) is 17.2 Å². The van der Waals surface area contributed by atoms with Crippen molar-refractivity contribution in [1.29, 1.82) is 0 Å². The molecule has 21 heavy (non-hydrogen) atoms. The number of amides is 1. The summed E-state index contributed by atoms with van der Waals surface area (Å²) in [6, 6.07) is -0.680. The largest absolute Gasteiger partial charge is 0.480 e. The number of rotatable bonds is 4. The topological polar surface area (TPSA) is 69.6 Å². The Balaban J connectivity index is 2.29. The zero-order valence-corrected chi connectivity index (χ0v) is 13.9. The van der Waals surface area contributed by atoms with E-state index in [4.69, 9.17) is 0 Å². The molecule has 2 rings (SSSR count). The summed E-state index contributed by atoms with van der Waals surface area (Å²) < 4.78 is 0. The summed E-state index contributed by atoms with van der Waals surface area (Å²) in [5, 5.41) is 12.8. The average Bonchev–Trinajstić information content (AvgIpc) is 2.92. The number of carbonyl (C=O) groups is 2. The van der Waals surface area contributed by atoms with Crippen molar-refractivity contribution in [1.82, 2.24) is 10.2 Å². The molecule has 6 heteroatoms. The van der Waals surface area contributed by atoms with Crippen LogP contribution in [0.4, 0.5) is 0 Å². The fourth-order valence-electron chi connectivity index (χ4n) is 3.37. The van der Waals surface area contributed by atoms with Crippen molar-refractivity contribution in [2.45, 2.75) is 51.4 Å². The lowest BCUT2D eigenvalue weighted by molar-refractivity contribution is -0.156. The Morgan fingerprint density at radius 3 is 2.67 bits per heavy atom. The molecule has 2 saturated heterocycles. The zero-order chi connectivity index (χ0) is 15.6. The van der Waals surface area contributed by atoms with Gasteiger partial charge in [-0.25, -0.2) is 4.79 Å². The third-order valence-corrected chi connectivity index (χ3v) is 6.35. The maximum atomic E-state index is 13.2. The highest BCUT2D eigenvalue weighted by Crippen LogP contribution is 2.40. The first-order valence-electron chi connectivity index (χ1n) is 7.81. The van der Waals surface area contributed by atoms with Crippen molar-refractivity contribution in [2.24, 2.45) is 11.3 Å². The van der Waals surface area contributed by atoms with Gasteiger partial charge in [-0.3, -0.25) is 4.79 Å². The van der Waals surface area contributed by atoms with Crippen molar-refractivity contribution >= 4 is 23.6 Å². The first-order valence-corrected chi connectivity index (χ1v) is 8.85. The van der Waals surface area contributed by atoms with Crippen molar-refractivity contribution in [2.75, 3.05) is 18.8 Å². The normalized spacial score (nSPS) is 33.4. The van der Waals surface area contributed by atoms with E-state index < -0.39 is 17.4 Å². The number of nitrogens with zero attached hydrogens (tertiary/aromatic N) is 1. The number of hydrogen-bond donors (Lipinski definition) is 2. The molecule has 2 aliphatic heterocycles. The van der Waals surface area contributed by atoms with Gasteiger partial charge in [-0.05, 0) is 31.7 Å². The van der Waals surface area contributed by atoms with Crippen LogP contribution in [-0.2, 0) is 9.59 Å². The Morgan fingerprint density at radius 1 is 1.48 bits per heavy atom. The van der Waals surface area contributed by atoms with Gasteiger partial charge in [-0.15, -0.1) is 11.8 Å². The van der Waals surface area contributed by atoms with Crippen LogP contribution in [0, 0.1) is 11.3 Å². The zero-order valence-electron chi connectivity index (χ0n) is 13.1. The number of carboxylic acids is 1. The number of carbonyl (C=O) groups excluding carboxylic acids is 1. The van der Waals surface area contributed by atoms with Crippen molar-refractivity contribution < 1.29 is 14.7 Å². The summed E-state index contributed by atoms with van der Waals surface area (Å²) in [7, 11) is 0. The third-order valence-electron chi connectivity index (χ3n) is 4.73. The highest BCUT2D eigenvalue weighted by Gasteiger charge is 2.49. The van der Waals surface area contributed by atoms with Crippen LogP contribution in [0.25, 0.3) is 0 Å². The minimum Gasteiger partial charge on any atom is -0.480 e. The number of thioether (sulfide) groups is 1. The van der Waals surface area contributed by atoms with Gasteiger partial charge in [0.25, 0.3) is 0 Å². The van der Waals surface area contributed by atoms with Gasteiger partial charge in [0.1, 0.15) is 6.04 Å². The molecule has 3 atom stereocenters. The van der Waals surface area contributed by atoms with E-state index in [1.54, 1.807) is 16.7 Å². The Morgan fingerprint density at radius 2 is 2.19 bits per heavy atom. The number of aliphatic carboxylic acids is 1. The highest BCUT2D eigenvalue weighted by atomic mass is 32.2. The van der Waals surface area contributed by atoms with Gasteiger partial charge in [-0.1, -0.05) is 20.8 Å². The Kier molecular flexibility index (Phi) is 5.20. The summed E-state index contributed by atoms with van der Waals surface area (Å²) in [6.07, 6.45) is 2.59. The molecule has 5 nitrogen and oxygen atoms in total. The van der Waals surface area contributed by atoms with Crippen LogP contribution < -0.4 is 5.32 Å². The van der Waals surface area contributed by atoms with Gasteiger partial charge >= 0.3 is 5.97 Å². The molecular weight excluding hydrogens is 288 g/mol. The van der Waals surface area contributed by atoms with Gasteiger partial charge < -0.3 is 15.3 Å². The molecule has 1 amide bonds. The predicted octanol–water partition coefficient (Wildman–Crippen LogP) is 1.78. The molecular formula is C15H26N2O3S. The summed E-state index contributed by atoms with van der Waals surface area (Å²) in [6.45, 7) is 7.76. The fourth-order valence-corrected chi connectivity index (χ4v) is 4.84. The Hall–Kier alpha value is -0.750. The standard InChI is InChI=1S/C15H26N2O3S/c1-4-15(6-5-7-16-9-15)14(20)17-11(13(18)19)8-21-12(17)10(2)3/h10-12,16H,4-9H2,1-3H3,(H,18,19). The van der Waals surface area contributed by atoms with Crippen LogP contribution in [0.2, 0.25) is 0 Å². The summed E-state index contributed by atoms with van der Waals surface area (Å²) in [4.78, 5) is 26.4. The lowest BCUT2D eigenvalue weighted by Gasteiger charge is -2.41. The molecule has 120 valence electrons. The number of nitrogens with one attached hydrogen (secondary N) is 1. The van der Waals surface area contributed by atoms with Crippen molar-refractivity contribution in [3.8, 4) is 0 Å². The molecule has 0 aromatic heterocycles. The molecule has 0 saturated carbocycles. The van der Waals surface area contributed by atoms with Gasteiger partial charge in [0.2, 0.25) is 5.91 Å². The molecule has 0 aromatic rings. The van der Waals surface area contributed by atoms with E-state index in [9.17, 15) is 14.7 Å². The maximum absolute atomic E-state index is 13.2. The number of hydrogen-bond acceptors (Lipinski definition) is 4. The van der Waals surface area contributed by atoms with Crippen molar-refractivity contribution in [3.63, 3.8) is 0 Å². The van der Waals surface area contributed by atoms with E-state index in [1.165, 1.54) is 0 Å². The van der Waals surface area contributed by atoms with Crippen molar-refractivity contribution in [3.05, 3.63) is 0 Å². The second-order valence-electron chi connectivity index (χ2n) is 6.45. The number of piperidine rings is 1. The first-order chi connectivity index (χ1) is 9.93. The molecule has 0 spiro atoms. The average molecular weight is 314 g/mol. The maximum Gasteiger partial charge on any atom is 0.327 e. The predicted molar refractivity (Wildman–Crippen MR) is 84.2 cm³/mol. The Bertz CT molecular complexity index is 408. The van der Waals surface area contributed by atoms with Crippen LogP contribution in [0.15, 0.2) is 0 Å². The van der Waals surface area contributed by atoms with E-state index in [0.29, 0.717) is 12.3 Å². The van der Waals surface area contributed by atoms with Gasteiger partial charge in [0.05, 0.1) is 10.8 Å². The smallest absolute Gasteiger partial charge is 0.327 e. The van der Waals surface area contributed by atoms with Crippen LogP contribution >= 0.6 is 11.8 Å². The van der Waals surface area contributed by atoms with Gasteiger partial charge in [-0.2, -0.15) is 0 Å². The SMILES string of the molecule is CCC1(C(=O)N2C(C(=O)O)CSC2C(C)C)CCCNC1. The third kappa shape index (κ3) is 3.06. The van der Waals surface area contributed by atoms with Crippen LogP contribution in [-0.4, -0.2) is 52.1 Å². The second-order valence-corrected chi connectivity index (χ2v) is 7.60. The van der Waals surface area contributed by atoms with E-state index in [2.05, 4.69) is 19.2 Å². The van der Waals surface area contributed by atoms with Gasteiger partial charge in [0, 0.05) is 12.3 Å². The fraction of sp³-hybridized carbons (Fsp3) is 0.867. The lowest BCUT2D eigenvalue weighted by Crippen LogP contribution is -2.57.